The molecule has 0 heterocycles. The quantitative estimate of drug-likeness (QED) is 0.861. The highest BCUT2D eigenvalue weighted by Gasteiger charge is 2.01. The molecule has 2 N–H and O–H groups in total. The molecular weight excluding hydrogens is 290 g/mol. The number of nitrogens with one attached hydrogen (secondary N) is 1. The molecule has 0 aliphatic heterocycles. The summed E-state index contributed by atoms with van der Waals surface area (Å²) in [5, 5.41) is 12.1. The summed E-state index contributed by atoms with van der Waals surface area (Å²) in [4.78, 5) is 10.7. The van der Waals surface area contributed by atoms with Crippen molar-refractivity contribution in [1.82, 2.24) is 5.32 Å². The zero-order valence-corrected chi connectivity index (χ0v) is 12.5. The SMILES string of the molecule is COc1cccc(CNCc2ccc(C(=O)O)cc2)c1.Cl. The van der Waals surface area contributed by atoms with Crippen LogP contribution in [0.3, 0.4) is 0 Å². The predicted octanol–water partition coefficient (Wildman–Crippen LogP) is 3.11. The average Bonchev–Trinajstić information content (AvgIpc) is 2.48. The molecular formula is C16H18ClNO3. The van der Waals surface area contributed by atoms with Gasteiger partial charge in [-0.25, -0.2) is 4.79 Å². The Balaban J connectivity index is 0.00000220. The predicted molar refractivity (Wildman–Crippen MR) is 84.2 cm³/mol. The fraction of sp³-hybridized carbons (Fsp3) is 0.188. The molecule has 0 bridgehead atoms. The molecule has 0 aliphatic carbocycles. The second kappa shape index (κ2) is 8.29. The van der Waals surface area contributed by atoms with Crippen molar-refractivity contribution in [2.24, 2.45) is 0 Å². The van der Waals surface area contributed by atoms with E-state index in [1.807, 2.05) is 36.4 Å². The van der Waals surface area contributed by atoms with Crippen molar-refractivity contribution in [3.05, 3.63) is 65.2 Å². The fourth-order valence-corrected chi connectivity index (χ4v) is 1.90. The molecule has 2 aromatic rings. The third kappa shape index (κ3) is 5.10. The van der Waals surface area contributed by atoms with Crippen molar-refractivity contribution < 1.29 is 14.6 Å². The van der Waals surface area contributed by atoms with Crippen LogP contribution in [0.1, 0.15) is 21.5 Å². The minimum Gasteiger partial charge on any atom is -0.497 e. The number of methoxy groups -OCH3 is 1. The van der Waals surface area contributed by atoms with Crippen LogP contribution in [0, 0.1) is 0 Å². The first-order valence-electron chi connectivity index (χ1n) is 6.35. The number of carboxylic acid groups (broad SMARTS) is 1. The Labute approximate surface area is 130 Å². The standard InChI is InChI=1S/C16H17NO3.ClH/c1-20-15-4-2-3-13(9-15)11-17-10-12-5-7-14(8-6-12)16(18)19;/h2-9,17H,10-11H2,1H3,(H,18,19);1H. The van der Waals surface area contributed by atoms with E-state index in [-0.39, 0.29) is 12.4 Å². The van der Waals surface area contributed by atoms with E-state index < -0.39 is 5.97 Å². The number of hydrogen-bond acceptors (Lipinski definition) is 3. The number of carbonyl (C=O) groups is 1. The largest absolute Gasteiger partial charge is 0.497 e. The number of benzene rings is 2. The molecule has 0 radical (unpaired) electrons. The van der Waals surface area contributed by atoms with E-state index in [1.165, 1.54) is 0 Å². The maximum Gasteiger partial charge on any atom is 0.335 e. The molecule has 4 nitrogen and oxygen atoms in total. The molecule has 2 rings (SSSR count). The molecule has 112 valence electrons. The van der Waals surface area contributed by atoms with Crippen LogP contribution in [0.5, 0.6) is 5.75 Å². The summed E-state index contributed by atoms with van der Waals surface area (Å²) < 4.78 is 5.17. The Kier molecular flexibility index (Phi) is 6.72. The summed E-state index contributed by atoms with van der Waals surface area (Å²) in [5.74, 6) is -0.0593. The Hall–Kier alpha value is -2.04. The Bertz CT molecular complexity index is 584. The molecule has 0 saturated heterocycles. The molecule has 0 saturated carbocycles. The lowest BCUT2D eigenvalue weighted by atomic mass is 10.1. The average molecular weight is 308 g/mol. The second-order valence-corrected chi connectivity index (χ2v) is 4.46. The van der Waals surface area contributed by atoms with Gasteiger partial charge in [0.2, 0.25) is 0 Å². The molecule has 0 unspecified atom stereocenters. The smallest absolute Gasteiger partial charge is 0.335 e. The van der Waals surface area contributed by atoms with E-state index in [0.29, 0.717) is 12.1 Å². The summed E-state index contributed by atoms with van der Waals surface area (Å²) >= 11 is 0. The van der Waals surface area contributed by atoms with Crippen LogP contribution in [0.25, 0.3) is 0 Å². The Morgan fingerprint density at radius 3 is 2.38 bits per heavy atom. The second-order valence-electron chi connectivity index (χ2n) is 4.46. The van der Waals surface area contributed by atoms with Gasteiger partial charge in [0.25, 0.3) is 0 Å². The van der Waals surface area contributed by atoms with Gasteiger partial charge < -0.3 is 15.2 Å². The van der Waals surface area contributed by atoms with E-state index in [0.717, 1.165) is 23.4 Å². The first-order valence-corrected chi connectivity index (χ1v) is 6.35. The van der Waals surface area contributed by atoms with Crippen LogP contribution in [0.2, 0.25) is 0 Å². The molecule has 0 spiro atoms. The molecule has 21 heavy (non-hydrogen) atoms. The molecule has 0 atom stereocenters. The van der Waals surface area contributed by atoms with Gasteiger partial charge in [-0.3, -0.25) is 0 Å². The van der Waals surface area contributed by atoms with Gasteiger partial charge >= 0.3 is 5.97 Å². The third-order valence-corrected chi connectivity index (χ3v) is 2.99. The van der Waals surface area contributed by atoms with E-state index in [2.05, 4.69) is 5.32 Å². The van der Waals surface area contributed by atoms with E-state index in [9.17, 15) is 4.79 Å². The summed E-state index contributed by atoms with van der Waals surface area (Å²) in [6, 6.07) is 14.8. The van der Waals surface area contributed by atoms with Crippen LogP contribution in [-0.4, -0.2) is 18.2 Å². The van der Waals surface area contributed by atoms with E-state index in [4.69, 9.17) is 9.84 Å². The van der Waals surface area contributed by atoms with Gasteiger partial charge in [-0.05, 0) is 35.4 Å². The molecule has 0 aromatic heterocycles. The van der Waals surface area contributed by atoms with Gasteiger partial charge in [0, 0.05) is 13.1 Å². The molecule has 0 fully saturated rings. The number of ether oxygens (including phenoxy) is 1. The third-order valence-electron chi connectivity index (χ3n) is 2.99. The van der Waals surface area contributed by atoms with Crippen molar-refractivity contribution in [2.75, 3.05) is 7.11 Å². The van der Waals surface area contributed by atoms with Gasteiger partial charge in [-0.15, -0.1) is 12.4 Å². The number of carboxylic acids is 1. The summed E-state index contributed by atoms with van der Waals surface area (Å²) in [5.41, 5.74) is 2.51. The van der Waals surface area contributed by atoms with Crippen molar-refractivity contribution in [2.45, 2.75) is 13.1 Å². The molecule has 0 aliphatic rings. The van der Waals surface area contributed by atoms with Gasteiger partial charge in [0.05, 0.1) is 12.7 Å². The number of aromatic carboxylic acids is 1. The van der Waals surface area contributed by atoms with Gasteiger partial charge in [-0.1, -0.05) is 24.3 Å². The highest BCUT2D eigenvalue weighted by atomic mass is 35.5. The van der Waals surface area contributed by atoms with Gasteiger partial charge in [0.15, 0.2) is 0 Å². The minimum absolute atomic E-state index is 0. The number of rotatable bonds is 6. The molecule has 2 aromatic carbocycles. The van der Waals surface area contributed by atoms with Gasteiger partial charge in [-0.2, -0.15) is 0 Å². The van der Waals surface area contributed by atoms with Crippen molar-refractivity contribution in [1.29, 1.82) is 0 Å². The Morgan fingerprint density at radius 1 is 1.10 bits per heavy atom. The van der Waals surface area contributed by atoms with Crippen LogP contribution in [-0.2, 0) is 13.1 Å². The van der Waals surface area contributed by atoms with Crippen LogP contribution in [0.15, 0.2) is 48.5 Å². The zero-order chi connectivity index (χ0) is 14.4. The van der Waals surface area contributed by atoms with Crippen LogP contribution >= 0.6 is 12.4 Å². The minimum atomic E-state index is -0.902. The van der Waals surface area contributed by atoms with E-state index in [1.54, 1.807) is 19.2 Å². The highest BCUT2D eigenvalue weighted by molar-refractivity contribution is 5.87. The molecule has 0 amide bonds. The monoisotopic (exact) mass is 307 g/mol. The fourth-order valence-electron chi connectivity index (χ4n) is 1.90. The molecule has 5 heteroatoms. The Morgan fingerprint density at radius 2 is 1.76 bits per heavy atom. The van der Waals surface area contributed by atoms with Gasteiger partial charge in [0.1, 0.15) is 5.75 Å². The lowest BCUT2D eigenvalue weighted by Crippen LogP contribution is -2.12. The summed E-state index contributed by atoms with van der Waals surface area (Å²) in [6.45, 7) is 1.43. The number of hydrogen-bond donors (Lipinski definition) is 2. The first kappa shape index (κ1) is 17.0. The van der Waals surface area contributed by atoms with Crippen LogP contribution < -0.4 is 10.1 Å². The highest BCUT2D eigenvalue weighted by Crippen LogP contribution is 2.12. The van der Waals surface area contributed by atoms with Crippen LogP contribution in [0.4, 0.5) is 0 Å². The van der Waals surface area contributed by atoms with Crippen molar-refractivity contribution in [3.63, 3.8) is 0 Å². The summed E-state index contributed by atoms with van der Waals surface area (Å²) in [6.07, 6.45) is 0. The summed E-state index contributed by atoms with van der Waals surface area (Å²) in [7, 11) is 1.65. The van der Waals surface area contributed by atoms with Crippen molar-refractivity contribution >= 4 is 18.4 Å². The maximum atomic E-state index is 10.7. The first-order chi connectivity index (χ1) is 9.69. The van der Waals surface area contributed by atoms with E-state index >= 15 is 0 Å². The van der Waals surface area contributed by atoms with Crippen molar-refractivity contribution in [3.8, 4) is 5.75 Å². The normalized spacial score (nSPS) is 9.76. The number of halogens is 1. The lowest BCUT2D eigenvalue weighted by Gasteiger charge is -2.07. The topological polar surface area (TPSA) is 58.6 Å². The maximum absolute atomic E-state index is 10.7. The zero-order valence-electron chi connectivity index (χ0n) is 11.7. The lowest BCUT2D eigenvalue weighted by molar-refractivity contribution is 0.0697.